The Hall–Kier alpha value is -2.82. The number of rotatable bonds is 2. The second-order valence-corrected chi connectivity index (χ2v) is 5.88. The van der Waals surface area contributed by atoms with Gasteiger partial charge >= 0.3 is 6.03 Å². The second-order valence-electron chi connectivity index (χ2n) is 5.88. The molecule has 2 heterocycles. The Morgan fingerprint density at radius 1 is 1.04 bits per heavy atom. The van der Waals surface area contributed by atoms with E-state index < -0.39 is 12.0 Å². The lowest BCUT2D eigenvalue weighted by Crippen LogP contribution is -2.52. The molecular formula is C18H16N2O3. The summed E-state index contributed by atoms with van der Waals surface area (Å²) in [6.45, 7) is 0. The van der Waals surface area contributed by atoms with Crippen molar-refractivity contribution in [1.29, 1.82) is 0 Å². The molecule has 1 aromatic carbocycles. The van der Waals surface area contributed by atoms with Gasteiger partial charge in [-0.2, -0.15) is 0 Å². The summed E-state index contributed by atoms with van der Waals surface area (Å²) in [6.07, 6.45) is 3.97. The van der Waals surface area contributed by atoms with E-state index in [0.29, 0.717) is 17.9 Å². The Kier molecular flexibility index (Phi) is 3.26. The van der Waals surface area contributed by atoms with Gasteiger partial charge in [0.2, 0.25) is 0 Å². The molecule has 0 unspecified atom stereocenters. The molecule has 0 saturated carbocycles. The number of Topliss-reactive ketones (excluding diaryl/α,β-unsaturated/α-hetero) is 1. The van der Waals surface area contributed by atoms with Gasteiger partial charge in [0.05, 0.1) is 12.2 Å². The number of fused-ring (bicyclic) bond motifs is 1. The molecule has 1 saturated heterocycles. The molecule has 4 rings (SSSR count). The number of carbonyl (C=O) groups excluding carboxylic acids is 2. The van der Waals surface area contributed by atoms with Gasteiger partial charge in [0, 0.05) is 18.0 Å². The minimum atomic E-state index is -0.450. The number of carbonyl (C=O) groups is 2. The summed E-state index contributed by atoms with van der Waals surface area (Å²) in [5, 5.41) is 5.59. The largest absolute Gasteiger partial charge is 0.467 e. The van der Waals surface area contributed by atoms with Crippen LogP contribution in [0.15, 0.2) is 64.9 Å². The van der Waals surface area contributed by atoms with Crippen molar-refractivity contribution in [2.75, 3.05) is 0 Å². The number of hydrogen-bond donors (Lipinski definition) is 2. The van der Waals surface area contributed by atoms with Crippen LogP contribution in [0.3, 0.4) is 0 Å². The van der Waals surface area contributed by atoms with Gasteiger partial charge in [-0.05, 0) is 17.7 Å². The first kappa shape index (κ1) is 13.8. The van der Waals surface area contributed by atoms with E-state index in [-0.39, 0.29) is 17.7 Å². The Morgan fingerprint density at radius 3 is 2.61 bits per heavy atom. The van der Waals surface area contributed by atoms with E-state index in [9.17, 15) is 9.59 Å². The van der Waals surface area contributed by atoms with Crippen LogP contribution in [0.2, 0.25) is 0 Å². The van der Waals surface area contributed by atoms with E-state index in [1.807, 2.05) is 36.4 Å². The van der Waals surface area contributed by atoms with Gasteiger partial charge < -0.3 is 15.1 Å². The minimum Gasteiger partial charge on any atom is -0.467 e. The molecule has 5 nitrogen and oxygen atoms in total. The summed E-state index contributed by atoms with van der Waals surface area (Å²) in [5.74, 6) is 0.275. The number of benzene rings is 1. The first-order chi connectivity index (χ1) is 11.2. The number of nitrogens with one attached hydrogen (secondary N) is 2. The number of allylic oxidation sites excluding steroid dienone is 1. The SMILES string of the molecule is O=C1NC2=C[C@H](c3ccccc3)CC(=O)[C@@H]2[C@H](c2ccco2)N1. The highest BCUT2D eigenvalue weighted by atomic mass is 16.3. The lowest BCUT2D eigenvalue weighted by atomic mass is 9.76. The molecule has 1 aliphatic heterocycles. The number of hydrogen-bond acceptors (Lipinski definition) is 3. The van der Waals surface area contributed by atoms with Crippen LogP contribution in [0.4, 0.5) is 4.79 Å². The zero-order valence-corrected chi connectivity index (χ0v) is 12.4. The molecule has 1 aromatic heterocycles. The smallest absolute Gasteiger partial charge is 0.319 e. The summed E-state index contributed by atoms with van der Waals surface area (Å²) in [7, 11) is 0. The molecule has 0 bridgehead atoms. The fraction of sp³-hybridized carbons (Fsp3) is 0.222. The highest BCUT2D eigenvalue weighted by Gasteiger charge is 2.42. The number of furan rings is 1. The summed E-state index contributed by atoms with van der Waals surface area (Å²) < 4.78 is 5.41. The molecule has 0 spiro atoms. The average Bonchev–Trinajstić information content (AvgIpc) is 3.09. The zero-order valence-electron chi connectivity index (χ0n) is 12.4. The van der Waals surface area contributed by atoms with Crippen molar-refractivity contribution in [2.45, 2.75) is 18.4 Å². The van der Waals surface area contributed by atoms with Crippen LogP contribution < -0.4 is 10.6 Å². The molecule has 2 N–H and O–H groups in total. The summed E-state index contributed by atoms with van der Waals surface area (Å²) in [5.41, 5.74) is 1.74. The predicted molar refractivity (Wildman–Crippen MR) is 83.5 cm³/mol. The minimum absolute atomic E-state index is 0.00870. The maximum absolute atomic E-state index is 12.8. The first-order valence-electron chi connectivity index (χ1n) is 7.62. The average molecular weight is 308 g/mol. The normalized spacial score (nSPS) is 26.8. The van der Waals surface area contributed by atoms with Gasteiger partial charge in [0.1, 0.15) is 17.6 Å². The van der Waals surface area contributed by atoms with Crippen molar-refractivity contribution in [3.05, 3.63) is 71.8 Å². The molecular weight excluding hydrogens is 292 g/mol. The molecule has 2 aliphatic rings. The number of amides is 2. The summed E-state index contributed by atoms with van der Waals surface area (Å²) >= 11 is 0. The Labute approximate surface area is 133 Å². The van der Waals surface area contributed by atoms with Gasteiger partial charge in [-0.3, -0.25) is 4.79 Å². The lowest BCUT2D eigenvalue weighted by molar-refractivity contribution is -0.123. The number of urea groups is 1. The highest BCUT2D eigenvalue weighted by Crippen LogP contribution is 2.39. The molecule has 1 aliphatic carbocycles. The molecule has 2 amide bonds. The number of ketones is 1. The van der Waals surface area contributed by atoms with Crippen molar-refractivity contribution >= 4 is 11.8 Å². The Bertz CT molecular complexity index is 765. The molecule has 116 valence electrons. The second kappa shape index (κ2) is 5.43. The van der Waals surface area contributed by atoms with Crippen LogP contribution in [0, 0.1) is 5.92 Å². The van der Waals surface area contributed by atoms with Crippen LogP contribution >= 0.6 is 0 Å². The van der Waals surface area contributed by atoms with E-state index in [4.69, 9.17) is 4.42 Å². The lowest BCUT2D eigenvalue weighted by Gasteiger charge is -2.37. The van der Waals surface area contributed by atoms with Crippen molar-refractivity contribution < 1.29 is 14.0 Å². The summed E-state index contributed by atoms with van der Waals surface area (Å²) in [6, 6.07) is 12.6. The fourth-order valence-corrected chi connectivity index (χ4v) is 3.39. The Balaban J connectivity index is 1.72. The van der Waals surface area contributed by atoms with E-state index in [1.165, 1.54) is 0 Å². The fourth-order valence-electron chi connectivity index (χ4n) is 3.39. The quantitative estimate of drug-likeness (QED) is 0.896. The molecule has 3 atom stereocenters. The molecule has 23 heavy (non-hydrogen) atoms. The van der Waals surface area contributed by atoms with E-state index in [2.05, 4.69) is 10.6 Å². The van der Waals surface area contributed by atoms with Crippen LogP contribution in [-0.4, -0.2) is 11.8 Å². The standard InChI is InChI=1S/C18H16N2O3/c21-14-10-12(11-5-2-1-3-6-11)9-13-16(14)17(20-18(22)19-13)15-7-4-8-23-15/h1-9,12,16-17H,10H2,(H2,19,20,22)/t12-,16+,17-/m0/s1. The van der Waals surface area contributed by atoms with Gasteiger partial charge in [0.25, 0.3) is 0 Å². The van der Waals surface area contributed by atoms with Crippen LogP contribution in [-0.2, 0) is 4.79 Å². The van der Waals surface area contributed by atoms with Crippen molar-refractivity contribution in [2.24, 2.45) is 5.92 Å². The molecule has 0 radical (unpaired) electrons. The van der Waals surface area contributed by atoms with Gasteiger partial charge in [-0.25, -0.2) is 4.79 Å². The molecule has 1 fully saturated rings. The highest BCUT2D eigenvalue weighted by molar-refractivity contribution is 5.91. The third-order valence-electron chi connectivity index (χ3n) is 4.44. The van der Waals surface area contributed by atoms with Crippen molar-refractivity contribution in [3.8, 4) is 0 Å². The molecule has 5 heteroatoms. The third kappa shape index (κ3) is 2.44. The van der Waals surface area contributed by atoms with Crippen molar-refractivity contribution in [1.82, 2.24) is 10.6 Å². The molecule has 2 aromatic rings. The van der Waals surface area contributed by atoms with E-state index in [0.717, 1.165) is 5.56 Å². The zero-order chi connectivity index (χ0) is 15.8. The Morgan fingerprint density at radius 2 is 1.87 bits per heavy atom. The monoisotopic (exact) mass is 308 g/mol. The van der Waals surface area contributed by atoms with E-state index in [1.54, 1.807) is 18.4 Å². The van der Waals surface area contributed by atoms with Gasteiger partial charge in [-0.1, -0.05) is 36.4 Å². The maximum atomic E-state index is 12.8. The predicted octanol–water partition coefficient (Wildman–Crippen LogP) is 2.89. The van der Waals surface area contributed by atoms with Crippen molar-refractivity contribution in [3.63, 3.8) is 0 Å². The van der Waals surface area contributed by atoms with Crippen LogP contribution in [0.1, 0.15) is 29.7 Å². The summed E-state index contributed by atoms with van der Waals surface area (Å²) in [4.78, 5) is 24.7. The van der Waals surface area contributed by atoms with E-state index >= 15 is 0 Å². The van der Waals surface area contributed by atoms with Crippen LogP contribution in [0.25, 0.3) is 0 Å². The van der Waals surface area contributed by atoms with Gasteiger partial charge in [-0.15, -0.1) is 0 Å². The topological polar surface area (TPSA) is 71.3 Å². The maximum Gasteiger partial charge on any atom is 0.319 e. The first-order valence-corrected chi connectivity index (χ1v) is 7.62. The third-order valence-corrected chi connectivity index (χ3v) is 4.44. The van der Waals surface area contributed by atoms with Gasteiger partial charge in [0.15, 0.2) is 0 Å². The van der Waals surface area contributed by atoms with Crippen LogP contribution in [0.5, 0.6) is 0 Å².